The first kappa shape index (κ1) is 20.5. The van der Waals surface area contributed by atoms with E-state index in [-0.39, 0.29) is 12.5 Å². The van der Waals surface area contributed by atoms with Crippen LogP contribution in [0.5, 0.6) is 0 Å². The highest BCUT2D eigenvalue weighted by atomic mass is 32.1. The van der Waals surface area contributed by atoms with Gasteiger partial charge in [0.15, 0.2) is 0 Å². The third kappa shape index (κ3) is 4.60. The Morgan fingerprint density at radius 1 is 1.31 bits per heavy atom. The fourth-order valence-electron chi connectivity index (χ4n) is 2.66. The van der Waals surface area contributed by atoms with Crippen LogP contribution in [0.3, 0.4) is 0 Å². The van der Waals surface area contributed by atoms with Gasteiger partial charge >= 0.3 is 5.97 Å². The summed E-state index contributed by atoms with van der Waals surface area (Å²) in [6.45, 7) is 3.82. The number of hydrazone groups is 1. The summed E-state index contributed by atoms with van der Waals surface area (Å²) in [5, 5.41) is 6.29. The van der Waals surface area contributed by atoms with Gasteiger partial charge < -0.3 is 9.64 Å². The Labute approximate surface area is 173 Å². The molecule has 0 N–H and O–H groups in total. The molecule has 0 bridgehead atoms. The molecule has 2 heterocycles. The van der Waals surface area contributed by atoms with Crippen LogP contribution in [-0.4, -0.2) is 49.5 Å². The van der Waals surface area contributed by atoms with Gasteiger partial charge in [0.05, 0.1) is 35.5 Å². The lowest BCUT2D eigenvalue weighted by Gasteiger charge is -2.10. The number of esters is 1. The maximum absolute atomic E-state index is 12.9. The van der Waals surface area contributed by atoms with Gasteiger partial charge in [-0.3, -0.25) is 4.79 Å². The number of rotatable bonds is 6. The van der Waals surface area contributed by atoms with E-state index < -0.39 is 5.97 Å². The van der Waals surface area contributed by atoms with E-state index in [1.54, 1.807) is 37.2 Å². The lowest BCUT2D eigenvalue weighted by molar-refractivity contribution is -0.114. The highest BCUT2D eigenvalue weighted by molar-refractivity contribution is 7.17. The molecule has 1 aromatic carbocycles. The van der Waals surface area contributed by atoms with Crippen LogP contribution >= 0.6 is 11.3 Å². The summed E-state index contributed by atoms with van der Waals surface area (Å²) in [5.74, 6) is -0.647. The topological polar surface area (TPSA) is 74.6 Å². The van der Waals surface area contributed by atoms with Crippen LogP contribution in [0.25, 0.3) is 6.08 Å². The van der Waals surface area contributed by atoms with Crippen molar-refractivity contribution in [3.8, 4) is 0 Å². The molecular weight excluding hydrogens is 388 g/mol. The molecule has 0 fully saturated rings. The Balaban J connectivity index is 1.95. The second kappa shape index (κ2) is 8.83. The molecule has 1 amide bonds. The van der Waals surface area contributed by atoms with Gasteiger partial charge in [0, 0.05) is 19.0 Å². The minimum atomic E-state index is -0.437. The number of nitrogens with zero attached hydrogens (tertiary/aromatic N) is 4. The van der Waals surface area contributed by atoms with Crippen molar-refractivity contribution in [1.29, 1.82) is 0 Å². The fraction of sp³-hybridized carbons (Fsp3) is 0.238. The number of ether oxygens (including phenoxy) is 1. The van der Waals surface area contributed by atoms with Crippen LogP contribution in [0.15, 0.2) is 52.1 Å². The van der Waals surface area contributed by atoms with E-state index in [2.05, 4.69) is 10.1 Å². The average molecular weight is 410 g/mol. The minimum absolute atomic E-state index is 0.210. The van der Waals surface area contributed by atoms with E-state index >= 15 is 0 Å². The molecule has 1 aliphatic heterocycles. The number of aliphatic imine (C=N–C) groups is 1. The summed E-state index contributed by atoms with van der Waals surface area (Å²) in [5.41, 5.74) is 2.17. The molecule has 0 unspecified atom stereocenters. The zero-order chi connectivity index (χ0) is 21.0. The Morgan fingerprint density at radius 2 is 2.03 bits per heavy atom. The number of benzene rings is 1. The zero-order valence-corrected chi connectivity index (χ0v) is 17.6. The molecule has 29 heavy (non-hydrogen) atoms. The van der Waals surface area contributed by atoms with Gasteiger partial charge in [-0.1, -0.05) is 18.2 Å². The smallest absolute Gasteiger partial charge is 0.341 e. The van der Waals surface area contributed by atoms with Crippen LogP contribution in [0, 0.1) is 0 Å². The predicted molar refractivity (Wildman–Crippen MR) is 117 cm³/mol. The van der Waals surface area contributed by atoms with Crippen LogP contribution in [0.1, 0.15) is 29.1 Å². The average Bonchev–Trinajstić information content (AvgIpc) is 3.23. The molecule has 1 aliphatic rings. The summed E-state index contributed by atoms with van der Waals surface area (Å²) in [7, 11) is 3.69. The van der Waals surface area contributed by atoms with Crippen molar-refractivity contribution >= 4 is 52.0 Å². The number of carbonyl (C=O) groups excluding carboxylic acids is 2. The SMILES string of the molecule is CCOC(=O)c1cc(/C=C2/C(=O)N(c3ccccc3)N=C2C)sc1N=CN(C)C. The summed E-state index contributed by atoms with van der Waals surface area (Å²) < 4.78 is 5.14. The standard InChI is InChI=1S/C21H22N4O3S/c1-5-28-21(27)18-12-16(29-19(18)22-13-24(3)4)11-17-14(2)23-25(20(17)26)15-9-7-6-8-10-15/h6-13H,5H2,1-4H3/b17-11+,22-13?. The highest BCUT2D eigenvalue weighted by Crippen LogP contribution is 2.34. The molecule has 8 heteroatoms. The third-order valence-corrected chi connectivity index (χ3v) is 4.97. The van der Waals surface area contributed by atoms with Crippen molar-refractivity contribution in [2.75, 3.05) is 25.7 Å². The Bertz CT molecular complexity index is 1010. The fourth-order valence-corrected chi connectivity index (χ4v) is 3.59. The van der Waals surface area contributed by atoms with Crippen LogP contribution in [0.4, 0.5) is 10.7 Å². The number of hydrogen-bond donors (Lipinski definition) is 0. The maximum atomic E-state index is 12.9. The van der Waals surface area contributed by atoms with Crippen molar-refractivity contribution in [3.63, 3.8) is 0 Å². The first-order valence-electron chi connectivity index (χ1n) is 9.09. The molecular formula is C21H22N4O3S. The van der Waals surface area contributed by atoms with Crippen LogP contribution < -0.4 is 5.01 Å². The van der Waals surface area contributed by atoms with Crippen molar-refractivity contribution in [1.82, 2.24) is 4.90 Å². The molecule has 150 valence electrons. The van der Waals surface area contributed by atoms with E-state index in [0.29, 0.717) is 27.5 Å². The van der Waals surface area contributed by atoms with Gasteiger partial charge in [-0.2, -0.15) is 10.1 Å². The number of amides is 1. The molecule has 1 aromatic heterocycles. The van der Waals surface area contributed by atoms with Crippen molar-refractivity contribution < 1.29 is 14.3 Å². The maximum Gasteiger partial charge on any atom is 0.341 e. The Hall–Kier alpha value is -3.26. The van der Waals surface area contributed by atoms with Crippen molar-refractivity contribution in [2.45, 2.75) is 13.8 Å². The molecule has 0 saturated carbocycles. The lowest BCUT2D eigenvalue weighted by Crippen LogP contribution is -2.21. The van der Waals surface area contributed by atoms with E-state index in [0.717, 1.165) is 4.88 Å². The van der Waals surface area contributed by atoms with Gasteiger partial charge in [0.1, 0.15) is 5.00 Å². The minimum Gasteiger partial charge on any atom is -0.462 e. The third-order valence-electron chi connectivity index (χ3n) is 3.98. The Kier molecular flexibility index (Phi) is 6.23. The molecule has 2 aromatic rings. The molecule has 0 aliphatic carbocycles. The van der Waals surface area contributed by atoms with Gasteiger partial charge in [-0.25, -0.2) is 9.79 Å². The number of anilines is 1. The van der Waals surface area contributed by atoms with Gasteiger partial charge in [-0.15, -0.1) is 11.3 Å². The van der Waals surface area contributed by atoms with Crippen LogP contribution in [-0.2, 0) is 9.53 Å². The number of carbonyl (C=O) groups is 2. The number of para-hydroxylation sites is 1. The van der Waals surface area contributed by atoms with E-state index in [9.17, 15) is 9.59 Å². The van der Waals surface area contributed by atoms with E-state index in [4.69, 9.17) is 4.74 Å². The highest BCUT2D eigenvalue weighted by Gasteiger charge is 2.29. The summed E-state index contributed by atoms with van der Waals surface area (Å²) in [6, 6.07) is 11.0. The normalized spacial score (nSPS) is 15.3. The van der Waals surface area contributed by atoms with Gasteiger partial charge in [-0.05, 0) is 38.1 Å². The first-order chi connectivity index (χ1) is 13.9. The van der Waals surface area contributed by atoms with Crippen molar-refractivity contribution in [3.05, 3.63) is 52.4 Å². The largest absolute Gasteiger partial charge is 0.462 e. The number of thiophene rings is 1. The zero-order valence-electron chi connectivity index (χ0n) is 16.7. The molecule has 0 spiro atoms. The van der Waals surface area contributed by atoms with Crippen LogP contribution in [0.2, 0.25) is 0 Å². The quantitative estimate of drug-likeness (QED) is 0.313. The second-order valence-corrected chi connectivity index (χ2v) is 7.55. The molecule has 0 radical (unpaired) electrons. The summed E-state index contributed by atoms with van der Waals surface area (Å²) >= 11 is 1.32. The summed E-state index contributed by atoms with van der Waals surface area (Å²) in [4.78, 5) is 32.1. The molecule has 0 atom stereocenters. The predicted octanol–water partition coefficient (Wildman–Crippen LogP) is 3.95. The van der Waals surface area contributed by atoms with Gasteiger partial charge in [0.2, 0.25) is 0 Å². The first-order valence-corrected chi connectivity index (χ1v) is 9.90. The van der Waals surface area contributed by atoms with E-state index in [1.165, 1.54) is 16.3 Å². The molecule has 7 nitrogen and oxygen atoms in total. The molecule has 0 saturated heterocycles. The van der Waals surface area contributed by atoms with Crippen molar-refractivity contribution in [2.24, 2.45) is 10.1 Å². The van der Waals surface area contributed by atoms with Gasteiger partial charge in [0.25, 0.3) is 5.91 Å². The number of hydrogen-bond acceptors (Lipinski definition) is 6. The monoisotopic (exact) mass is 410 g/mol. The Morgan fingerprint density at radius 3 is 2.69 bits per heavy atom. The van der Waals surface area contributed by atoms with E-state index in [1.807, 2.05) is 44.4 Å². The second-order valence-electron chi connectivity index (χ2n) is 6.49. The molecule has 3 rings (SSSR count). The summed E-state index contributed by atoms with van der Waals surface area (Å²) in [6.07, 6.45) is 3.36. The lowest BCUT2D eigenvalue weighted by atomic mass is 10.1.